The van der Waals surface area contributed by atoms with Crippen molar-refractivity contribution in [1.82, 2.24) is 10.6 Å². The predicted octanol–water partition coefficient (Wildman–Crippen LogP) is 4.17. The Morgan fingerprint density at radius 1 is 1.00 bits per heavy atom. The number of nitrogens with one attached hydrogen (secondary N) is 2. The summed E-state index contributed by atoms with van der Waals surface area (Å²) >= 11 is 6.11. The summed E-state index contributed by atoms with van der Waals surface area (Å²) in [4.78, 5) is 12.8. The molecule has 2 heterocycles. The van der Waals surface area contributed by atoms with Crippen LogP contribution in [-0.4, -0.2) is 32.1 Å². The van der Waals surface area contributed by atoms with Gasteiger partial charge in [0.2, 0.25) is 0 Å². The molecule has 1 aromatic rings. The lowest BCUT2D eigenvalue weighted by atomic mass is 9.74. The van der Waals surface area contributed by atoms with E-state index >= 15 is 0 Å². The predicted molar refractivity (Wildman–Crippen MR) is 102 cm³/mol. The Morgan fingerprint density at radius 2 is 1.76 bits per heavy atom. The van der Waals surface area contributed by atoms with E-state index in [0.717, 1.165) is 38.9 Å². The van der Waals surface area contributed by atoms with Crippen molar-refractivity contribution in [1.29, 1.82) is 0 Å². The fraction of sp³-hybridized carbons (Fsp3) is 0.650. The molecule has 0 radical (unpaired) electrons. The molecule has 25 heavy (non-hydrogen) atoms. The number of ether oxygens (including phenoxy) is 1. The average molecular weight is 365 g/mol. The first kappa shape index (κ1) is 18.5. The summed E-state index contributed by atoms with van der Waals surface area (Å²) in [5, 5.41) is 7.19. The number of hydrogen-bond donors (Lipinski definition) is 2. The number of fused-ring (bicyclic) bond motifs is 1. The maximum absolute atomic E-state index is 12.8. The van der Waals surface area contributed by atoms with Crippen molar-refractivity contribution in [2.24, 2.45) is 5.41 Å². The number of rotatable bonds is 0. The number of piperidine rings is 1. The minimum atomic E-state index is -0.0764. The zero-order valence-corrected chi connectivity index (χ0v) is 15.7. The van der Waals surface area contributed by atoms with Crippen LogP contribution in [0.3, 0.4) is 0 Å². The highest BCUT2D eigenvalue weighted by Gasteiger charge is 2.32. The largest absolute Gasteiger partial charge is 0.493 e. The molecule has 1 amide bonds. The van der Waals surface area contributed by atoms with Crippen molar-refractivity contribution in [3.8, 4) is 5.75 Å². The number of carbonyl (C=O) groups excluding carboxylic acids is 1. The van der Waals surface area contributed by atoms with Crippen LogP contribution in [0.5, 0.6) is 5.75 Å². The second-order valence-electron chi connectivity index (χ2n) is 7.44. The zero-order chi connectivity index (χ0) is 17.5. The topological polar surface area (TPSA) is 50.4 Å². The molecule has 0 aliphatic carbocycles. The molecule has 0 bridgehead atoms. The molecular weight excluding hydrogens is 336 g/mol. The van der Waals surface area contributed by atoms with Crippen LogP contribution in [0.1, 0.15) is 61.7 Å². The van der Waals surface area contributed by atoms with E-state index in [9.17, 15) is 4.79 Å². The summed E-state index contributed by atoms with van der Waals surface area (Å²) in [5.74, 6) is 0.561. The highest BCUT2D eigenvalue weighted by atomic mass is 35.5. The van der Waals surface area contributed by atoms with Crippen LogP contribution in [0.15, 0.2) is 18.2 Å². The van der Waals surface area contributed by atoms with Crippen molar-refractivity contribution in [2.75, 3.05) is 26.2 Å². The molecule has 1 saturated heterocycles. The second-order valence-corrected chi connectivity index (χ2v) is 7.88. The van der Waals surface area contributed by atoms with E-state index in [1.54, 1.807) is 12.1 Å². The van der Waals surface area contributed by atoms with Gasteiger partial charge in [0.15, 0.2) is 0 Å². The van der Waals surface area contributed by atoms with Gasteiger partial charge in [0.05, 0.1) is 12.2 Å². The van der Waals surface area contributed by atoms with Crippen LogP contribution < -0.4 is 15.4 Å². The van der Waals surface area contributed by atoms with Gasteiger partial charge < -0.3 is 15.4 Å². The van der Waals surface area contributed by atoms with E-state index in [1.807, 2.05) is 6.07 Å². The fourth-order valence-corrected chi connectivity index (χ4v) is 4.13. The molecule has 5 heteroatoms. The van der Waals surface area contributed by atoms with E-state index < -0.39 is 0 Å². The van der Waals surface area contributed by atoms with Crippen LogP contribution in [0.25, 0.3) is 0 Å². The summed E-state index contributed by atoms with van der Waals surface area (Å²) in [6, 6.07) is 5.31. The van der Waals surface area contributed by atoms with Gasteiger partial charge in [-0.3, -0.25) is 4.79 Å². The molecule has 0 saturated carbocycles. The van der Waals surface area contributed by atoms with E-state index in [1.165, 1.54) is 32.1 Å². The molecule has 2 N–H and O–H groups in total. The summed E-state index contributed by atoms with van der Waals surface area (Å²) in [7, 11) is 0. The third kappa shape index (κ3) is 5.11. The third-order valence-corrected chi connectivity index (χ3v) is 5.82. The number of benzene rings is 1. The van der Waals surface area contributed by atoms with E-state index in [0.29, 0.717) is 22.9 Å². The van der Waals surface area contributed by atoms with Gasteiger partial charge in [-0.25, -0.2) is 0 Å². The molecule has 1 aromatic carbocycles. The lowest BCUT2D eigenvalue weighted by Crippen LogP contribution is -2.44. The monoisotopic (exact) mass is 364 g/mol. The van der Waals surface area contributed by atoms with Gasteiger partial charge in [0.25, 0.3) is 5.91 Å². The Morgan fingerprint density at radius 3 is 2.60 bits per heavy atom. The molecule has 0 unspecified atom stereocenters. The Kier molecular flexibility index (Phi) is 6.60. The Labute approximate surface area is 155 Å². The van der Waals surface area contributed by atoms with Crippen LogP contribution in [0.2, 0.25) is 5.02 Å². The van der Waals surface area contributed by atoms with Gasteiger partial charge in [-0.15, -0.1) is 0 Å². The highest BCUT2D eigenvalue weighted by molar-refractivity contribution is 6.31. The van der Waals surface area contributed by atoms with Crippen LogP contribution in [-0.2, 0) is 0 Å². The van der Waals surface area contributed by atoms with Gasteiger partial charge >= 0.3 is 0 Å². The zero-order valence-electron chi connectivity index (χ0n) is 14.9. The minimum Gasteiger partial charge on any atom is -0.493 e. The molecular formula is C20H29ClN2O2. The maximum Gasteiger partial charge on any atom is 0.255 e. The molecule has 2 aliphatic heterocycles. The summed E-state index contributed by atoms with van der Waals surface area (Å²) in [6.45, 7) is 3.47. The highest BCUT2D eigenvalue weighted by Crippen LogP contribution is 2.34. The first-order valence-corrected chi connectivity index (χ1v) is 9.98. The SMILES string of the molecule is O=C1NCC2(CCCCCCCOc3ccc(Cl)cc31)CCNCC2. The standard InChI is InChI=1S/C20H29ClN2O2/c21-16-6-7-18-17(14-16)19(24)23-15-20(9-11-22-12-10-20)8-4-2-1-3-5-13-25-18/h6-7,14,22H,1-5,8-13,15H2,(H,23,24). The molecule has 0 atom stereocenters. The first-order chi connectivity index (χ1) is 12.2. The Hall–Kier alpha value is -1.26. The number of halogens is 1. The van der Waals surface area contributed by atoms with Crippen molar-refractivity contribution in [3.05, 3.63) is 28.8 Å². The van der Waals surface area contributed by atoms with E-state index in [4.69, 9.17) is 16.3 Å². The van der Waals surface area contributed by atoms with Gasteiger partial charge in [0.1, 0.15) is 5.75 Å². The minimum absolute atomic E-state index is 0.0764. The smallest absolute Gasteiger partial charge is 0.255 e. The maximum atomic E-state index is 12.8. The van der Waals surface area contributed by atoms with E-state index in [2.05, 4.69) is 10.6 Å². The molecule has 138 valence electrons. The van der Waals surface area contributed by atoms with Crippen LogP contribution in [0, 0.1) is 5.41 Å². The molecule has 0 aromatic heterocycles. The summed E-state index contributed by atoms with van der Waals surface area (Å²) < 4.78 is 5.87. The summed E-state index contributed by atoms with van der Waals surface area (Å²) in [5.41, 5.74) is 0.776. The van der Waals surface area contributed by atoms with Crippen LogP contribution in [0.4, 0.5) is 0 Å². The second kappa shape index (κ2) is 8.91. The molecule has 1 fully saturated rings. The van der Waals surface area contributed by atoms with Gasteiger partial charge in [0, 0.05) is 11.6 Å². The van der Waals surface area contributed by atoms with Crippen molar-refractivity contribution < 1.29 is 9.53 Å². The molecule has 3 rings (SSSR count). The first-order valence-electron chi connectivity index (χ1n) is 9.60. The molecule has 1 spiro atoms. The summed E-state index contributed by atoms with van der Waals surface area (Å²) in [6.07, 6.45) is 9.46. The lowest BCUT2D eigenvalue weighted by Gasteiger charge is -2.38. The fourth-order valence-electron chi connectivity index (χ4n) is 3.96. The lowest BCUT2D eigenvalue weighted by molar-refractivity contribution is 0.0899. The molecule has 2 aliphatic rings. The van der Waals surface area contributed by atoms with E-state index in [-0.39, 0.29) is 11.3 Å². The average Bonchev–Trinajstić information content (AvgIpc) is 2.63. The van der Waals surface area contributed by atoms with Crippen molar-refractivity contribution in [3.63, 3.8) is 0 Å². The van der Waals surface area contributed by atoms with Crippen molar-refractivity contribution in [2.45, 2.75) is 51.4 Å². The van der Waals surface area contributed by atoms with Gasteiger partial charge in [-0.2, -0.15) is 0 Å². The molecule has 4 nitrogen and oxygen atoms in total. The third-order valence-electron chi connectivity index (χ3n) is 5.58. The van der Waals surface area contributed by atoms with Gasteiger partial charge in [-0.1, -0.05) is 37.3 Å². The number of amides is 1. The number of carbonyl (C=O) groups is 1. The Bertz CT molecular complexity index is 585. The van der Waals surface area contributed by atoms with Gasteiger partial charge in [-0.05, 0) is 62.4 Å². The van der Waals surface area contributed by atoms with Crippen LogP contribution >= 0.6 is 11.6 Å². The Balaban J connectivity index is 1.78. The quantitative estimate of drug-likeness (QED) is 0.726. The normalized spacial score (nSPS) is 22.4. The number of hydrogen-bond acceptors (Lipinski definition) is 3. The van der Waals surface area contributed by atoms with Crippen molar-refractivity contribution >= 4 is 17.5 Å².